The first-order chi connectivity index (χ1) is 14.2. The number of rotatable bonds is 5. The van der Waals surface area contributed by atoms with Crippen LogP contribution in [-0.2, 0) is 6.54 Å². The van der Waals surface area contributed by atoms with Gasteiger partial charge in [0, 0.05) is 38.3 Å². The van der Waals surface area contributed by atoms with Gasteiger partial charge < -0.3 is 9.64 Å². The van der Waals surface area contributed by atoms with E-state index in [-0.39, 0.29) is 5.91 Å². The third kappa shape index (κ3) is 4.17. The summed E-state index contributed by atoms with van der Waals surface area (Å²) in [7, 11) is 1.64. The van der Waals surface area contributed by atoms with Crippen molar-refractivity contribution >= 4 is 5.91 Å². The molecule has 150 valence electrons. The predicted molar refractivity (Wildman–Crippen MR) is 113 cm³/mol. The third-order valence-corrected chi connectivity index (χ3v) is 5.56. The fourth-order valence-electron chi connectivity index (χ4n) is 3.73. The fraction of sp³-hybridized carbons (Fsp3) is 0.304. The number of carbonyl (C=O) groups excluding carboxylic acids is 1. The van der Waals surface area contributed by atoms with Gasteiger partial charge in [-0.3, -0.25) is 14.8 Å². The number of hydrogen-bond donors (Lipinski definition) is 1. The van der Waals surface area contributed by atoms with Gasteiger partial charge in [0.2, 0.25) is 0 Å². The van der Waals surface area contributed by atoms with Crippen molar-refractivity contribution in [3.05, 3.63) is 71.4 Å². The van der Waals surface area contributed by atoms with Crippen molar-refractivity contribution in [3.8, 4) is 17.0 Å². The minimum atomic E-state index is 0.0279. The summed E-state index contributed by atoms with van der Waals surface area (Å²) in [5, 5.41) is 7.10. The fourth-order valence-corrected chi connectivity index (χ4v) is 3.73. The number of amides is 1. The van der Waals surface area contributed by atoms with Crippen molar-refractivity contribution in [3.63, 3.8) is 0 Å². The van der Waals surface area contributed by atoms with Crippen LogP contribution in [0.5, 0.6) is 5.75 Å². The molecule has 2 heterocycles. The van der Waals surface area contributed by atoms with Crippen molar-refractivity contribution in [1.82, 2.24) is 20.0 Å². The molecule has 3 aromatic rings. The topological polar surface area (TPSA) is 61.5 Å². The van der Waals surface area contributed by atoms with E-state index in [1.165, 1.54) is 11.1 Å². The van der Waals surface area contributed by atoms with Crippen LogP contribution in [-0.4, -0.2) is 59.2 Å². The Hall–Kier alpha value is -3.12. The van der Waals surface area contributed by atoms with E-state index in [1.807, 2.05) is 29.2 Å². The number of ether oxygens (including phenoxy) is 1. The number of aryl methyl sites for hydroxylation is 1. The van der Waals surface area contributed by atoms with Crippen LogP contribution in [0.15, 0.2) is 54.7 Å². The highest BCUT2D eigenvalue weighted by molar-refractivity contribution is 5.99. The number of carbonyl (C=O) groups is 1. The molecule has 29 heavy (non-hydrogen) atoms. The second kappa shape index (κ2) is 8.49. The molecule has 2 aromatic carbocycles. The van der Waals surface area contributed by atoms with Crippen molar-refractivity contribution in [1.29, 1.82) is 0 Å². The number of benzene rings is 2. The zero-order chi connectivity index (χ0) is 20.2. The molecular formula is C23H26N4O2. The predicted octanol–water partition coefficient (Wildman–Crippen LogP) is 3.35. The molecular weight excluding hydrogens is 364 g/mol. The first kappa shape index (κ1) is 19.2. The average Bonchev–Trinajstić information content (AvgIpc) is 3.25. The van der Waals surface area contributed by atoms with E-state index in [2.05, 4.69) is 46.3 Å². The zero-order valence-corrected chi connectivity index (χ0v) is 16.9. The van der Waals surface area contributed by atoms with Crippen LogP contribution in [0.2, 0.25) is 0 Å². The summed E-state index contributed by atoms with van der Waals surface area (Å²) in [4.78, 5) is 17.5. The Morgan fingerprint density at radius 1 is 1.07 bits per heavy atom. The Morgan fingerprint density at radius 3 is 2.48 bits per heavy atom. The monoisotopic (exact) mass is 390 g/mol. The van der Waals surface area contributed by atoms with Gasteiger partial charge in [0.25, 0.3) is 5.91 Å². The standard InChI is InChI=1S/C23H26N4O2/c1-17-5-3-4-6-19(17)16-26-11-13-27(14-12-26)23(28)21-15-24-25-22(21)18-7-9-20(29-2)10-8-18/h3-10,15H,11-14,16H2,1-2H3,(H,24,25). The Kier molecular flexibility index (Phi) is 5.62. The number of piperazine rings is 1. The van der Waals surface area contributed by atoms with Crippen LogP contribution >= 0.6 is 0 Å². The zero-order valence-electron chi connectivity index (χ0n) is 16.9. The van der Waals surface area contributed by atoms with Crippen LogP contribution in [0.25, 0.3) is 11.3 Å². The molecule has 0 saturated carbocycles. The second-order valence-electron chi connectivity index (χ2n) is 7.38. The Morgan fingerprint density at radius 2 is 1.79 bits per heavy atom. The van der Waals surface area contributed by atoms with E-state index >= 15 is 0 Å². The van der Waals surface area contributed by atoms with Gasteiger partial charge >= 0.3 is 0 Å². The van der Waals surface area contributed by atoms with Crippen molar-refractivity contribution in [2.45, 2.75) is 13.5 Å². The first-order valence-electron chi connectivity index (χ1n) is 9.89. The maximum absolute atomic E-state index is 13.1. The normalized spacial score (nSPS) is 14.8. The maximum atomic E-state index is 13.1. The van der Waals surface area contributed by atoms with Gasteiger partial charge in [-0.15, -0.1) is 0 Å². The molecule has 6 heteroatoms. The highest BCUT2D eigenvalue weighted by Crippen LogP contribution is 2.25. The lowest BCUT2D eigenvalue weighted by atomic mass is 10.1. The summed E-state index contributed by atoms with van der Waals surface area (Å²) in [6.07, 6.45) is 1.63. The van der Waals surface area contributed by atoms with Crippen LogP contribution in [0.4, 0.5) is 0 Å². The third-order valence-electron chi connectivity index (χ3n) is 5.56. The molecule has 1 N–H and O–H groups in total. The minimum Gasteiger partial charge on any atom is -0.497 e. The SMILES string of the molecule is COc1ccc(-c2[nH]ncc2C(=O)N2CCN(Cc3ccccc3C)CC2)cc1. The molecule has 0 spiro atoms. The number of nitrogens with one attached hydrogen (secondary N) is 1. The van der Waals surface area contributed by atoms with Crippen molar-refractivity contribution in [2.24, 2.45) is 0 Å². The van der Waals surface area contributed by atoms with Gasteiger partial charge in [-0.25, -0.2) is 0 Å². The molecule has 0 atom stereocenters. The lowest BCUT2D eigenvalue weighted by molar-refractivity contribution is 0.0629. The average molecular weight is 390 g/mol. The molecule has 1 amide bonds. The molecule has 4 rings (SSSR count). The smallest absolute Gasteiger partial charge is 0.257 e. The molecule has 0 unspecified atom stereocenters. The van der Waals surface area contributed by atoms with E-state index in [1.54, 1.807) is 13.3 Å². The van der Waals surface area contributed by atoms with Gasteiger partial charge in [0.15, 0.2) is 0 Å². The largest absolute Gasteiger partial charge is 0.497 e. The van der Waals surface area contributed by atoms with Gasteiger partial charge in [0.05, 0.1) is 24.6 Å². The summed E-state index contributed by atoms with van der Waals surface area (Å²) in [6.45, 7) is 6.26. The molecule has 0 bridgehead atoms. The highest BCUT2D eigenvalue weighted by Gasteiger charge is 2.25. The van der Waals surface area contributed by atoms with Gasteiger partial charge in [0.1, 0.15) is 5.75 Å². The second-order valence-corrected chi connectivity index (χ2v) is 7.38. The molecule has 1 aliphatic rings. The molecule has 1 aliphatic heterocycles. The summed E-state index contributed by atoms with van der Waals surface area (Å²) in [5.41, 5.74) is 4.95. The van der Waals surface area contributed by atoms with E-state index in [0.29, 0.717) is 5.56 Å². The molecule has 1 saturated heterocycles. The summed E-state index contributed by atoms with van der Waals surface area (Å²) < 4.78 is 5.21. The summed E-state index contributed by atoms with van der Waals surface area (Å²) in [5.74, 6) is 0.811. The first-order valence-corrected chi connectivity index (χ1v) is 9.89. The van der Waals surface area contributed by atoms with Gasteiger partial charge in [-0.2, -0.15) is 5.10 Å². The van der Waals surface area contributed by atoms with Gasteiger partial charge in [-0.05, 0) is 42.3 Å². The number of nitrogens with zero attached hydrogens (tertiary/aromatic N) is 3. The maximum Gasteiger partial charge on any atom is 0.257 e. The number of aromatic amines is 1. The Bertz CT molecular complexity index is 973. The number of hydrogen-bond acceptors (Lipinski definition) is 4. The molecule has 1 aromatic heterocycles. The van der Waals surface area contributed by atoms with Crippen LogP contribution < -0.4 is 4.74 Å². The lowest BCUT2D eigenvalue weighted by Gasteiger charge is -2.35. The van der Waals surface area contributed by atoms with E-state index in [9.17, 15) is 4.79 Å². The lowest BCUT2D eigenvalue weighted by Crippen LogP contribution is -2.48. The van der Waals surface area contributed by atoms with Gasteiger partial charge in [-0.1, -0.05) is 24.3 Å². The number of methoxy groups -OCH3 is 1. The molecule has 0 radical (unpaired) electrons. The van der Waals surface area contributed by atoms with Crippen LogP contribution in [0.1, 0.15) is 21.5 Å². The number of aromatic nitrogens is 2. The minimum absolute atomic E-state index is 0.0279. The Labute approximate surface area is 171 Å². The van der Waals surface area contributed by atoms with Crippen molar-refractivity contribution < 1.29 is 9.53 Å². The summed E-state index contributed by atoms with van der Waals surface area (Å²) in [6, 6.07) is 16.1. The van der Waals surface area contributed by atoms with E-state index in [4.69, 9.17) is 4.74 Å². The summed E-state index contributed by atoms with van der Waals surface area (Å²) >= 11 is 0. The molecule has 1 fully saturated rings. The quantitative estimate of drug-likeness (QED) is 0.726. The van der Waals surface area contributed by atoms with E-state index < -0.39 is 0 Å². The van der Waals surface area contributed by atoms with Crippen molar-refractivity contribution in [2.75, 3.05) is 33.3 Å². The van der Waals surface area contributed by atoms with Crippen LogP contribution in [0, 0.1) is 6.92 Å². The highest BCUT2D eigenvalue weighted by atomic mass is 16.5. The molecule has 6 nitrogen and oxygen atoms in total. The number of H-pyrrole nitrogens is 1. The Balaban J connectivity index is 1.41. The van der Waals surface area contributed by atoms with Crippen LogP contribution in [0.3, 0.4) is 0 Å². The van der Waals surface area contributed by atoms with E-state index in [0.717, 1.165) is 49.7 Å². The molecule has 0 aliphatic carbocycles.